The van der Waals surface area contributed by atoms with Gasteiger partial charge in [-0.3, -0.25) is 0 Å². The lowest BCUT2D eigenvalue weighted by Gasteiger charge is -2.32. The number of aromatic hydroxyl groups is 2. The smallest absolute Gasteiger partial charge is 0.150 e. The summed E-state index contributed by atoms with van der Waals surface area (Å²) in [4.78, 5) is 5.29. The molecular formula is C33H45NO3. The van der Waals surface area contributed by atoms with Crippen molar-refractivity contribution in [3.05, 3.63) is 88.5 Å². The van der Waals surface area contributed by atoms with Crippen LogP contribution in [-0.4, -0.2) is 10.2 Å². The van der Waals surface area contributed by atoms with Crippen LogP contribution in [0, 0.1) is 20.8 Å². The molecule has 3 aromatic rings. The van der Waals surface area contributed by atoms with E-state index in [9.17, 15) is 0 Å². The summed E-state index contributed by atoms with van der Waals surface area (Å²) < 4.78 is 0. The van der Waals surface area contributed by atoms with Crippen molar-refractivity contribution < 1.29 is 15.1 Å². The van der Waals surface area contributed by atoms with Crippen LogP contribution in [0.3, 0.4) is 0 Å². The number of aryl methyl sites for hydroxylation is 3. The average Bonchev–Trinajstić information content (AvgIpc) is 2.93. The Morgan fingerprint density at radius 1 is 0.568 bits per heavy atom. The van der Waals surface area contributed by atoms with Gasteiger partial charge in [-0.25, -0.2) is 0 Å². The summed E-state index contributed by atoms with van der Waals surface area (Å²) in [6.07, 6.45) is 13.5. The highest BCUT2D eigenvalue weighted by atomic mass is 16.6. The van der Waals surface area contributed by atoms with Crippen molar-refractivity contribution in [3.63, 3.8) is 0 Å². The van der Waals surface area contributed by atoms with Gasteiger partial charge in [0.05, 0.1) is 0 Å². The molecule has 0 radical (unpaired) electrons. The van der Waals surface area contributed by atoms with E-state index in [0.717, 1.165) is 11.7 Å². The molecule has 0 heterocycles. The van der Waals surface area contributed by atoms with Gasteiger partial charge in [-0.05, 0) is 99.7 Å². The van der Waals surface area contributed by atoms with Gasteiger partial charge in [0.25, 0.3) is 0 Å². The van der Waals surface area contributed by atoms with Crippen molar-refractivity contribution >= 4 is 0 Å². The summed E-state index contributed by atoms with van der Waals surface area (Å²) in [6, 6.07) is 18.5. The van der Waals surface area contributed by atoms with Crippen LogP contribution in [0.1, 0.15) is 104 Å². The topological polar surface area (TPSA) is 75.7 Å². The van der Waals surface area contributed by atoms with Crippen molar-refractivity contribution in [2.45, 2.75) is 96.8 Å². The number of hydrogen-bond acceptors (Lipinski definition) is 4. The van der Waals surface area contributed by atoms with Crippen LogP contribution in [0.5, 0.6) is 17.2 Å². The highest BCUT2D eigenvalue weighted by molar-refractivity contribution is 5.49. The molecule has 0 amide bonds. The van der Waals surface area contributed by atoms with Crippen molar-refractivity contribution in [2.75, 3.05) is 0 Å². The van der Waals surface area contributed by atoms with E-state index in [2.05, 4.69) is 19.1 Å². The lowest BCUT2D eigenvalue weighted by molar-refractivity contribution is 0.319. The fourth-order valence-corrected chi connectivity index (χ4v) is 5.66. The maximum absolute atomic E-state index is 8.76. The van der Waals surface area contributed by atoms with E-state index in [1.165, 1.54) is 86.5 Å². The molecule has 2 aliphatic carbocycles. The molecule has 2 fully saturated rings. The summed E-state index contributed by atoms with van der Waals surface area (Å²) in [5.41, 5.74) is 6.84. The van der Waals surface area contributed by atoms with Gasteiger partial charge in [-0.15, -0.1) is 0 Å². The first-order chi connectivity index (χ1) is 17.9. The Morgan fingerprint density at radius 2 is 0.973 bits per heavy atom. The lowest BCUT2D eigenvalue weighted by atomic mass is 9.74. The maximum Gasteiger partial charge on any atom is 0.150 e. The molecule has 5 rings (SSSR count). The number of nitrogens with two attached hydrogens (primary N) is 1. The van der Waals surface area contributed by atoms with Crippen molar-refractivity contribution in [2.24, 2.45) is 5.90 Å². The molecule has 0 atom stereocenters. The zero-order valence-corrected chi connectivity index (χ0v) is 22.9. The highest BCUT2D eigenvalue weighted by Gasteiger charge is 2.28. The van der Waals surface area contributed by atoms with Gasteiger partial charge < -0.3 is 15.1 Å². The molecule has 0 saturated heterocycles. The van der Waals surface area contributed by atoms with Gasteiger partial charge in [-0.1, -0.05) is 80.0 Å². The van der Waals surface area contributed by atoms with Crippen LogP contribution in [0.4, 0.5) is 0 Å². The summed E-state index contributed by atoms with van der Waals surface area (Å²) in [6.45, 7) is 6.25. The molecule has 0 aliphatic heterocycles. The summed E-state index contributed by atoms with van der Waals surface area (Å²) in [5.74, 6) is 8.59. The van der Waals surface area contributed by atoms with E-state index >= 15 is 0 Å². The Morgan fingerprint density at radius 3 is 1.35 bits per heavy atom. The van der Waals surface area contributed by atoms with E-state index in [-0.39, 0.29) is 0 Å². The Bertz CT molecular complexity index is 978. The minimum absolute atomic E-state index is 0.329. The monoisotopic (exact) mass is 503 g/mol. The van der Waals surface area contributed by atoms with E-state index in [1.807, 2.05) is 38.1 Å². The van der Waals surface area contributed by atoms with Crippen LogP contribution < -0.4 is 10.7 Å². The minimum Gasteiger partial charge on any atom is -0.508 e. The largest absolute Gasteiger partial charge is 0.508 e. The third-order valence-corrected chi connectivity index (χ3v) is 7.69. The lowest BCUT2D eigenvalue weighted by Crippen LogP contribution is -2.16. The molecule has 0 aromatic heterocycles. The molecule has 200 valence electrons. The molecule has 0 bridgehead atoms. The second-order valence-corrected chi connectivity index (χ2v) is 10.7. The predicted molar refractivity (Wildman–Crippen MR) is 153 cm³/mol. The Kier molecular flexibility index (Phi) is 11.3. The van der Waals surface area contributed by atoms with Crippen molar-refractivity contribution in [1.82, 2.24) is 0 Å². The molecular weight excluding hydrogens is 458 g/mol. The van der Waals surface area contributed by atoms with Crippen LogP contribution in [0.25, 0.3) is 0 Å². The quantitative estimate of drug-likeness (QED) is 0.312. The van der Waals surface area contributed by atoms with E-state index in [1.54, 1.807) is 29.8 Å². The molecule has 2 saturated carbocycles. The molecule has 2 aliphatic rings. The first-order valence-electron chi connectivity index (χ1n) is 13.9. The molecule has 0 unspecified atom stereocenters. The van der Waals surface area contributed by atoms with Crippen LogP contribution in [0.2, 0.25) is 0 Å². The number of rotatable bonds is 3. The van der Waals surface area contributed by atoms with Crippen LogP contribution >= 0.6 is 0 Å². The molecule has 3 aromatic carbocycles. The zero-order chi connectivity index (χ0) is 26.6. The number of benzene rings is 3. The summed E-state index contributed by atoms with van der Waals surface area (Å²) >= 11 is 0. The standard InChI is InChI=1S/C19H29NO.2C7H8O/c1-14-12-13-17(21-20)19(16-10-6-3-7-11-16)18(14)15-8-4-2-5-9-15;2*1-6-2-4-7(8)5-3-6/h12-13,15-16H,2-11,20H2,1H3;2*2-5,8H,1H3. The SMILES string of the molecule is Cc1ccc(O)cc1.Cc1ccc(O)cc1.Cc1ccc(ON)c(C2CCCCC2)c1C1CCCCC1. The van der Waals surface area contributed by atoms with E-state index < -0.39 is 0 Å². The van der Waals surface area contributed by atoms with Gasteiger partial charge in [0.2, 0.25) is 0 Å². The first kappa shape index (κ1) is 28.6. The molecule has 4 heteroatoms. The second kappa shape index (κ2) is 14.7. The molecule has 37 heavy (non-hydrogen) atoms. The van der Waals surface area contributed by atoms with Crippen molar-refractivity contribution in [1.29, 1.82) is 0 Å². The number of phenolic OH excluding ortho intramolecular Hbond substituents is 2. The maximum atomic E-state index is 8.76. The van der Waals surface area contributed by atoms with Gasteiger partial charge in [0.15, 0.2) is 5.75 Å². The van der Waals surface area contributed by atoms with Crippen LogP contribution in [0.15, 0.2) is 60.7 Å². The third-order valence-electron chi connectivity index (χ3n) is 7.69. The third kappa shape index (κ3) is 8.82. The van der Waals surface area contributed by atoms with E-state index in [4.69, 9.17) is 20.9 Å². The summed E-state index contributed by atoms with van der Waals surface area (Å²) in [5, 5.41) is 17.5. The highest BCUT2D eigenvalue weighted by Crippen LogP contribution is 2.46. The average molecular weight is 504 g/mol. The Hall–Kier alpha value is -2.98. The molecule has 0 spiro atoms. The van der Waals surface area contributed by atoms with Gasteiger partial charge >= 0.3 is 0 Å². The van der Waals surface area contributed by atoms with E-state index in [0.29, 0.717) is 17.4 Å². The Balaban J connectivity index is 0.000000194. The number of hydrogen-bond donors (Lipinski definition) is 3. The van der Waals surface area contributed by atoms with Gasteiger partial charge in [-0.2, -0.15) is 5.90 Å². The fourth-order valence-electron chi connectivity index (χ4n) is 5.66. The van der Waals surface area contributed by atoms with Crippen LogP contribution in [-0.2, 0) is 0 Å². The first-order valence-corrected chi connectivity index (χ1v) is 13.9. The summed E-state index contributed by atoms with van der Waals surface area (Å²) in [7, 11) is 0. The predicted octanol–water partition coefficient (Wildman–Crippen LogP) is 8.74. The number of phenols is 2. The molecule has 4 N–H and O–H groups in total. The zero-order valence-electron chi connectivity index (χ0n) is 22.9. The normalized spacial score (nSPS) is 16.1. The van der Waals surface area contributed by atoms with Crippen molar-refractivity contribution in [3.8, 4) is 17.2 Å². The fraction of sp³-hybridized carbons (Fsp3) is 0.455. The minimum atomic E-state index is 0.329. The second-order valence-electron chi connectivity index (χ2n) is 10.7. The Labute approximate surface area is 223 Å². The van der Waals surface area contributed by atoms with Gasteiger partial charge in [0.1, 0.15) is 11.5 Å². The van der Waals surface area contributed by atoms with Gasteiger partial charge in [0, 0.05) is 5.56 Å². The molecule has 4 nitrogen and oxygen atoms in total.